The summed E-state index contributed by atoms with van der Waals surface area (Å²) in [5, 5.41) is 0. The van der Waals surface area contributed by atoms with Gasteiger partial charge < -0.3 is 10.5 Å². The summed E-state index contributed by atoms with van der Waals surface area (Å²) in [5.74, 6) is -0.880. The third kappa shape index (κ3) is 3.36. The van der Waals surface area contributed by atoms with Crippen LogP contribution >= 0.6 is 15.9 Å². The lowest BCUT2D eigenvalue weighted by atomic mass is 10.1. The molecule has 0 saturated carbocycles. The largest absolute Gasteiger partial charge is 0.457 e. The van der Waals surface area contributed by atoms with Gasteiger partial charge in [0.1, 0.15) is 12.4 Å². The van der Waals surface area contributed by atoms with Crippen molar-refractivity contribution in [2.75, 3.05) is 5.73 Å². The number of hydrogen-bond acceptors (Lipinski definition) is 3. The fourth-order valence-electron chi connectivity index (χ4n) is 1.82. The number of carbonyl (C=O) groups excluding carboxylic acids is 1. The molecule has 3 nitrogen and oxygen atoms in total. The zero-order chi connectivity index (χ0) is 14.7. The molecule has 0 radical (unpaired) electrons. The van der Waals surface area contributed by atoms with E-state index in [1.807, 2.05) is 6.92 Å². The fourth-order valence-corrected chi connectivity index (χ4v) is 2.20. The van der Waals surface area contributed by atoms with Gasteiger partial charge in [0, 0.05) is 11.3 Å². The zero-order valence-corrected chi connectivity index (χ0v) is 12.4. The molecule has 0 unspecified atom stereocenters. The molecule has 0 aliphatic rings. The minimum Gasteiger partial charge on any atom is -0.457 e. The van der Waals surface area contributed by atoms with Crippen LogP contribution in [0, 0.1) is 12.7 Å². The predicted molar refractivity (Wildman–Crippen MR) is 78.8 cm³/mol. The summed E-state index contributed by atoms with van der Waals surface area (Å²) in [6.45, 7) is 1.83. The highest BCUT2D eigenvalue weighted by atomic mass is 79.9. The zero-order valence-electron chi connectivity index (χ0n) is 10.8. The first kappa shape index (κ1) is 14.5. The van der Waals surface area contributed by atoms with Crippen molar-refractivity contribution in [3.8, 4) is 0 Å². The first-order valence-corrected chi connectivity index (χ1v) is 6.74. The molecule has 0 amide bonds. The summed E-state index contributed by atoms with van der Waals surface area (Å²) in [7, 11) is 0. The Bertz CT molecular complexity index is 638. The molecule has 2 N–H and O–H groups in total. The number of hydrogen-bond donors (Lipinski definition) is 1. The standard InChI is InChI=1S/C15H13BrFNO2/c1-9-5-11(7-12(18)6-9)15(19)20-8-10-3-2-4-13(17)14(10)16/h2-7H,8,18H2,1H3. The summed E-state index contributed by atoms with van der Waals surface area (Å²) >= 11 is 3.12. The van der Waals surface area contributed by atoms with Gasteiger partial charge in [-0.15, -0.1) is 0 Å². The number of anilines is 1. The average molecular weight is 338 g/mol. The minimum absolute atomic E-state index is 0.00891. The molecule has 2 aromatic rings. The van der Waals surface area contributed by atoms with Gasteiger partial charge in [-0.25, -0.2) is 9.18 Å². The number of benzene rings is 2. The van der Waals surface area contributed by atoms with Crippen LogP contribution in [0.1, 0.15) is 21.5 Å². The fraction of sp³-hybridized carbons (Fsp3) is 0.133. The van der Waals surface area contributed by atoms with Gasteiger partial charge in [-0.2, -0.15) is 0 Å². The van der Waals surface area contributed by atoms with E-state index in [1.165, 1.54) is 6.07 Å². The van der Waals surface area contributed by atoms with E-state index in [9.17, 15) is 9.18 Å². The number of ether oxygens (including phenoxy) is 1. The van der Waals surface area contributed by atoms with Gasteiger partial charge in [-0.3, -0.25) is 0 Å². The Labute approximate surface area is 124 Å². The highest BCUT2D eigenvalue weighted by Gasteiger charge is 2.11. The van der Waals surface area contributed by atoms with E-state index in [2.05, 4.69) is 15.9 Å². The SMILES string of the molecule is Cc1cc(N)cc(C(=O)OCc2cccc(F)c2Br)c1. The Hall–Kier alpha value is -1.88. The van der Waals surface area contributed by atoms with Gasteiger partial charge in [-0.1, -0.05) is 12.1 Å². The molecule has 2 rings (SSSR count). The molecule has 5 heteroatoms. The number of aryl methyl sites for hydroxylation is 1. The summed E-state index contributed by atoms with van der Waals surface area (Å²) in [6, 6.07) is 9.59. The smallest absolute Gasteiger partial charge is 0.338 e. The van der Waals surface area contributed by atoms with Gasteiger partial charge in [0.25, 0.3) is 0 Å². The van der Waals surface area contributed by atoms with E-state index in [-0.39, 0.29) is 6.61 Å². The van der Waals surface area contributed by atoms with Crippen molar-refractivity contribution in [1.82, 2.24) is 0 Å². The van der Waals surface area contributed by atoms with Crippen molar-refractivity contribution < 1.29 is 13.9 Å². The first-order chi connectivity index (χ1) is 9.47. The second kappa shape index (κ2) is 6.05. The number of esters is 1. The molecular formula is C15H13BrFNO2. The van der Waals surface area contributed by atoms with Crippen LogP contribution in [0.3, 0.4) is 0 Å². The third-order valence-corrected chi connectivity index (χ3v) is 3.61. The lowest BCUT2D eigenvalue weighted by Gasteiger charge is -2.08. The molecule has 2 aromatic carbocycles. The Balaban J connectivity index is 2.10. The van der Waals surface area contributed by atoms with Crippen molar-refractivity contribution in [2.45, 2.75) is 13.5 Å². The van der Waals surface area contributed by atoms with Crippen molar-refractivity contribution in [2.24, 2.45) is 0 Å². The van der Waals surface area contributed by atoms with E-state index in [0.29, 0.717) is 21.3 Å². The number of halogens is 2. The maximum atomic E-state index is 13.3. The molecule has 20 heavy (non-hydrogen) atoms. The molecule has 0 aliphatic carbocycles. The summed E-state index contributed by atoms with van der Waals surface area (Å²) in [6.07, 6.45) is 0. The van der Waals surface area contributed by atoms with Crippen molar-refractivity contribution in [3.05, 3.63) is 63.4 Å². The van der Waals surface area contributed by atoms with E-state index >= 15 is 0 Å². The normalized spacial score (nSPS) is 10.3. The van der Waals surface area contributed by atoms with E-state index < -0.39 is 11.8 Å². The molecule has 0 spiro atoms. The van der Waals surface area contributed by atoms with Gasteiger partial charge >= 0.3 is 5.97 Å². The van der Waals surface area contributed by atoms with Crippen LogP contribution in [0.25, 0.3) is 0 Å². The summed E-state index contributed by atoms with van der Waals surface area (Å²) in [4.78, 5) is 11.9. The van der Waals surface area contributed by atoms with Crippen molar-refractivity contribution in [1.29, 1.82) is 0 Å². The first-order valence-electron chi connectivity index (χ1n) is 5.94. The monoisotopic (exact) mass is 337 g/mol. The molecule has 0 fully saturated rings. The van der Waals surface area contributed by atoms with Crippen molar-refractivity contribution >= 4 is 27.6 Å². The van der Waals surface area contributed by atoms with Crippen LogP contribution in [0.5, 0.6) is 0 Å². The lowest BCUT2D eigenvalue weighted by molar-refractivity contribution is 0.0471. The average Bonchev–Trinajstić information content (AvgIpc) is 2.39. The van der Waals surface area contributed by atoms with E-state index in [1.54, 1.807) is 30.3 Å². The number of nitrogen functional groups attached to an aromatic ring is 1. The van der Waals surface area contributed by atoms with E-state index in [4.69, 9.17) is 10.5 Å². The second-order valence-electron chi connectivity index (χ2n) is 4.42. The van der Waals surface area contributed by atoms with Gasteiger partial charge in [0.2, 0.25) is 0 Å². The Morgan fingerprint density at radius 1 is 1.35 bits per heavy atom. The molecule has 104 valence electrons. The molecule has 0 heterocycles. The van der Waals surface area contributed by atoms with Crippen LogP contribution in [-0.2, 0) is 11.3 Å². The highest BCUT2D eigenvalue weighted by Crippen LogP contribution is 2.21. The van der Waals surface area contributed by atoms with Gasteiger partial charge in [0.05, 0.1) is 10.0 Å². The molecule has 0 saturated heterocycles. The van der Waals surface area contributed by atoms with Crippen molar-refractivity contribution in [3.63, 3.8) is 0 Å². The number of nitrogens with two attached hydrogens (primary N) is 1. The molecule has 0 atom stereocenters. The Morgan fingerprint density at radius 2 is 2.10 bits per heavy atom. The van der Waals surface area contributed by atoms with Crippen LogP contribution in [0.15, 0.2) is 40.9 Å². The summed E-state index contributed by atoms with van der Waals surface area (Å²) in [5.41, 5.74) is 8.02. The second-order valence-corrected chi connectivity index (χ2v) is 5.21. The molecular weight excluding hydrogens is 325 g/mol. The van der Waals surface area contributed by atoms with Crippen LogP contribution in [-0.4, -0.2) is 5.97 Å². The topological polar surface area (TPSA) is 52.3 Å². The molecule has 0 bridgehead atoms. The lowest BCUT2D eigenvalue weighted by Crippen LogP contribution is -2.07. The van der Waals surface area contributed by atoms with E-state index in [0.717, 1.165) is 5.56 Å². The summed E-state index contributed by atoms with van der Waals surface area (Å²) < 4.78 is 18.8. The quantitative estimate of drug-likeness (QED) is 0.683. The van der Waals surface area contributed by atoms with Gasteiger partial charge in [0.15, 0.2) is 0 Å². The van der Waals surface area contributed by atoms with Crippen LogP contribution in [0.4, 0.5) is 10.1 Å². The Kier molecular flexibility index (Phi) is 4.39. The van der Waals surface area contributed by atoms with Crippen LogP contribution in [0.2, 0.25) is 0 Å². The number of rotatable bonds is 3. The Morgan fingerprint density at radius 3 is 2.80 bits per heavy atom. The third-order valence-electron chi connectivity index (χ3n) is 2.73. The minimum atomic E-state index is -0.489. The predicted octanol–water partition coefficient (Wildman–Crippen LogP) is 3.84. The maximum absolute atomic E-state index is 13.3. The highest BCUT2D eigenvalue weighted by molar-refractivity contribution is 9.10. The molecule has 0 aliphatic heterocycles. The molecule has 0 aromatic heterocycles. The van der Waals surface area contributed by atoms with Crippen LogP contribution < -0.4 is 5.73 Å². The van der Waals surface area contributed by atoms with Gasteiger partial charge in [-0.05, 0) is 52.7 Å². The maximum Gasteiger partial charge on any atom is 0.338 e. The number of carbonyl (C=O) groups is 1.